The number of anilines is 2. The molecule has 0 radical (unpaired) electrons. The van der Waals surface area contributed by atoms with E-state index in [-0.39, 0.29) is 54.3 Å². The average molecular weight is 918 g/mol. The Labute approximate surface area is 388 Å². The second kappa shape index (κ2) is 24.0. The third-order valence-electron chi connectivity index (χ3n) is 13.0. The van der Waals surface area contributed by atoms with Crippen molar-refractivity contribution in [1.82, 2.24) is 20.2 Å². The van der Waals surface area contributed by atoms with Crippen LogP contribution in [0.1, 0.15) is 134 Å². The molecule has 1 unspecified atom stereocenters. The van der Waals surface area contributed by atoms with Gasteiger partial charge in [0, 0.05) is 68.8 Å². The summed E-state index contributed by atoms with van der Waals surface area (Å²) in [4.78, 5) is 78.7. The number of methoxy groups -OCH3 is 1. The Bertz CT molecular complexity index is 2150. The smallest absolute Gasteiger partial charge is 0.255 e. The van der Waals surface area contributed by atoms with Crippen molar-refractivity contribution in [3.8, 4) is 5.75 Å². The van der Waals surface area contributed by atoms with Crippen LogP contribution < -0.4 is 19.9 Å². The number of fused-ring (bicyclic) bond motifs is 2. The van der Waals surface area contributed by atoms with Crippen LogP contribution in [-0.2, 0) is 48.0 Å². The van der Waals surface area contributed by atoms with Crippen molar-refractivity contribution < 1.29 is 42.9 Å². The van der Waals surface area contributed by atoms with E-state index in [0.29, 0.717) is 107 Å². The number of hydrogen-bond acceptors (Lipinski definition) is 12. The van der Waals surface area contributed by atoms with E-state index in [9.17, 15) is 24.0 Å². The van der Waals surface area contributed by atoms with E-state index >= 15 is 0 Å². The van der Waals surface area contributed by atoms with Gasteiger partial charge in [-0.15, -0.1) is 12.4 Å². The molecule has 352 valence electrons. The molecule has 1 N–H and O–H groups in total. The lowest BCUT2D eigenvalue weighted by Crippen LogP contribution is -2.55. The van der Waals surface area contributed by atoms with E-state index in [2.05, 4.69) is 28.2 Å². The molecule has 16 heteroatoms. The summed E-state index contributed by atoms with van der Waals surface area (Å²) in [7, 11) is 3.41. The standard InChI is InChI=1S/C49H64N6O9.ClH/c1-4-39-49(60)53(2)41-31-50-44(51-46(41)55(39)36-15-8-9-16-36)30-35-20-19-34(29-43(35)61-3)42(56)18-12-24-63-26-28-64-27-25-62-23-10-6-5-7-13-33-14-11-17-37-38(33)32-54(48(37)59)40-21-22-45(57)52-47(40)58;/h11,14,17,19-20,29,31,36,39-40H,4-10,12-13,15-16,18,21-28,30,32H2,1-3H3,(H,52,57,58);1H/t39-,40?;/m1./s1. The topological polar surface area (TPSA) is 170 Å². The molecule has 4 heterocycles. The number of aryl methyl sites for hydroxylation is 1. The Morgan fingerprint density at radius 3 is 2.31 bits per heavy atom. The Morgan fingerprint density at radius 1 is 0.862 bits per heavy atom. The molecule has 1 aliphatic carbocycles. The highest BCUT2D eigenvalue weighted by molar-refractivity contribution is 6.06. The SMILES string of the molecule is CC[C@@H]1C(=O)N(C)c2cnc(Cc3ccc(C(=O)CCCOCCOCCOCCCCCCc4cccc5c4CN(C4CCC(=O)NC4=O)C5=O)cc3OC)nc2N1C1CCCC1.Cl. The fourth-order valence-corrected chi connectivity index (χ4v) is 9.52. The summed E-state index contributed by atoms with van der Waals surface area (Å²) in [5.74, 6) is 1.38. The predicted octanol–water partition coefficient (Wildman–Crippen LogP) is 6.58. The van der Waals surface area contributed by atoms with Crippen LogP contribution in [0, 0.1) is 0 Å². The van der Waals surface area contributed by atoms with Gasteiger partial charge in [-0.2, -0.15) is 0 Å². The van der Waals surface area contributed by atoms with Gasteiger partial charge in [0.2, 0.25) is 17.7 Å². The number of carbonyl (C=O) groups is 5. The summed E-state index contributed by atoms with van der Waals surface area (Å²) in [6.07, 6.45) is 13.8. The lowest BCUT2D eigenvalue weighted by molar-refractivity contribution is -0.137. The van der Waals surface area contributed by atoms with Crippen LogP contribution in [-0.4, -0.2) is 116 Å². The van der Waals surface area contributed by atoms with Gasteiger partial charge in [0.1, 0.15) is 29.3 Å². The Balaban J connectivity index is 0.00000700. The van der Waals surface area contributed by atoms with Gasteiger partial charge in [-0.05, 0) is 74.6 Å². The molecule has 0 spiro atoms. The van der Waals surface area contributed by atoms with Crippen molar-refractivity contribution >= 4 is 53.3 Å². The molecule has 7 rings (SSSR count). The number of Topliss-reactive ketones (excluding diaryl/α,β-unsaturated/α-hetero) is 1. The van der Waals surface area contributed by atoms with E-state index < -0.39 is 6.04 Å². The minimum absolute atomic E-state index is 0. The molecule has 2 fully saturated rings. The lowest BCUT2D eigenvalue weighted by Gasteiger charge is -2.43. The van der Waals surface area contributed by atoms with Crippen LogP contribution in [0.3, 0.4) is 0 Å². The minimum Gasteiger partial charge on any atom is -0.496 e. The molecule has 15 nitrogen and oxygen atoms in total. The van der Waals surface area contributed by atoms with Gasteiger partial charge in [-0.25, -0.2) is 9.97 Å². The largest absolute Gasteiger partial charge is 0.496 e. The fourth-order valence-electron chi connectivity index (χ4n) is 9.52. The first kappa shape index (κ1) is 49.5. The summed E-state index contributed by atoms with van der Waals surface area (Å²) in [5, 5.41) is 2.36. The van der Waals surface area contributed by atoms with Gasteiger partial charge in [0.05, 0.1) is 39.7 Å². The number of likely N-dealkylation sites (N-methyl/N-ethyl adjacent to an activating group) is 1. The minimum atomic E-state index is -0.599. The van der Waals surface area contributed by atoms with E-state index in [4.69, 9.17) is 23.9 Å². The molecule has 3 aromatic rings. The first-order valence-corrected chi connectivity index (χ1v) is 23.3. The molecule has 4 amide bonds. The number of aromatic nitrogens is 2. The number of piperidine rings is 1. The normalized spacial score (nSPS) is 18.5. The van der Waals surface area contributed by atoms with Gasteiger partial charge in [0.25, 0.3) is 5.91 Å². The highest BCUT2D eigenvalue weighted by Crippen LogP contribution is 2.40. The van der Waals surface area contributed by atoms with Gasteiger partial charge in [0.15, 0.2) is 11.6 Å². The quantitative estimate of drug-likeness (QED) is 0.0583. The lowest BCUT2D eigenvalue weighted by atomic mass is 9.98. The zero-order chi connectivity index (χ0) is 45.0. The zero-order valence-corrected chi connectivity index (χ0v) is 39.0. The van der Waals surface area contributed by atoms with Gasteiger partial charge in [-0.1, -0.05) is 56.9 Å². The molecular formula is C49H65ClN6O9. The number of amides is 4. The monoisotopic (exact) mass is 916 g/mol. The average Bonchev–Trinajstić information content (AvgIpc) is 3.96. The number of hydrogen-bond donors (Lipinski definition) is 1. The zero-order valence-electron chi connectivity index (χ0n) is 38.1. The highest BCUT2D eigenvalue weighted by atomic mass is 35.5. The molecule has 2 aromatic carbocycles. The number of rotatable bonds is 24. The number of benzene rings is 2. The van der Waals surface area contributed by atoms with Crippen molar-refractivity contribution in [3.63, 3.8) is 0 Å². The second-order valence-electron chi connectivity index (χ2n) is 17.2. The summed E-state index contributed by atoms with van der Waals surface area (Å²) >= 11 is 0. The molecule has 4 aliphatic rings. The number of halogens is 1. The number of carbonyl (C=O) groups excluding carboxylic acids is 5. The van der Waals surface area contributed by atoms with Crippen molar-refractivity contribution in [2.45, 2.75) is 128 Å². The molecule has 3 aliphatic heterocycles. The fraction of sp³-hybridized carbons (Fsp3) is 0.571. The van der Waals surface area contributed by atoms with Gasteiger partial charge in [-0.3, -0.25) is 29.3 Å². The summed E-state index contributed by atoms with van der Waals surface area (Å²) < 4.78 is 22.8. The maximum absolute atomic E-state index is 13.3. The summed E-state index contributed by atoms with van der Waals surface area (Å²) in [6, 6.07) is 10.8. The Hall–Kier alpha value is -4.96. The van der Waals surface area contributed by atoms with E-state index in [1.807, 2.05) is 24.3 Å². The molecule has 1 saturated carbocycles. The van der Waals surface area contributed by atoms with Gasteiger partial charge >= 0.3 is 0 Å². The number of nitrogens with zero attached hydrogens (tertiary/aromatic N) is 5. The van der Waals surface area contributed by atoms with Crippen LogP contribution >= 0.6 is 12.4 Å². The van der Waals surface area contributed by atoms with Crippen LogP contribution in [0.4, 0.5) is 11.5 Å². The number of imide groups is 1. The third-order valence-corrected chi connectivity index (χ3v) is 13.0. The summed E-state index contributed by atoms with van der Waals surface area (Å²) in [5.41, 5.74) is 5.03. The molecular weight excluding hydrogens is 852 g/mol. The Morgan fingerprint density at radius 2 is 1.58 bits per heavy atom. The Kier molecular flexibility index (Phi) is 18.3. The maximum Gasteiger partial charge on any atom is 0.255 e. The van der Waals surface area contributed by atoms with Crippen molar-refractivity contribution in [3.05, 3.63) is 76.2 Å². The molecule has 1 aromatic heterocycles. The predicted molar refractivity (Wildman–Crippen MR) is 248 cm³/mol. The number of unbranched alkanes of at least 4 members (excludes halogenated alkanes) is 3. The summed E-state index contributed by atoms with van der Waals surface area (Å²) in [6.45, 7) is 5.50. The van der Waals surface area contributed by atoms with E-state index in [1.54, 1.807) is 36.2 Å². The molecule has 0 bridgehead atoms. The van der Waals surface area contributed by atoms with Crippen molar-refractivity contribution in [2.24, 2.45) is 0 Å². The number of ether oxygens (including phenoxy) is 4. The van der Waals surface area contributed by atoms with Crippen molar-refractivity contribution in [2.75, 3.05) is 63.6 Å². The third kappa shape index (κ3) is 12.1. The van der Waals surface area contributed by atoms with E-state index in [1.165, 1.54) is 0 Å². The van der Waals surface area contributed by atoms with E-state index in [0.717, 1.165) is 86.0 Å². The van der Waals surface area contributed by atoms with Crippen LogP contribution in [0.5, 0.6) is 5.75 Å². The highest BCUT2D eigenvalue weighted by Gasteiger charge is 2.42. The maximum atomic E-state index is 13.3. The van der Waals surface area contributed by atoms with Crippen LogP contribution in [0.2, 0.25) is 0 Å². The molecule has 1 saturated heterocycles. The number of ketones is 1. The van der Waals surface area contributed by atoms with Gasteiger partial charge < -0.3 is 33.6 Å². The molecule has 2 atom stereocenters. The van der Waals surface area contributed by atoms with Crippen molar-refractivity contribution in [1.29, 1.82) is 0 Å². The first-order valence-electron chi connectivity index (χ1n) is 23.3. The van der Waals surface area contributed by atoms with Crippen LogP contribution in [0.15, 0.2) is 42.6 Å². The first-order chi connectivity index (χ1) is 31.2. The second-order valence-corrected chi connectivity index (χ2v) is 17.2. The van der Waals surface area contributed by atoms with Crippen LogP contribution in [0.25, 0.3) is 0 Å². The molecule has 65 heavy (non-hydrogen) atoms. The number of nitrogens with one attached hydrogen (secondary N) is 1.